The molecule has 0 saturated carbocycles. The van der Waals surface area contributed by atoms with Crippen LogP contribution in [-0.2, 0) is 11.0 Å². The number of hydrogen-bond acceptors (Lipinski definition) is 5. The zero-order valence-electron chi connectivity index (χ0n) is 16.9. The van der Waals surface area contributed by atoms with Gasteiger partial charge in [0, 0.05) is 30.1 Å². The third-order valence-electron chi connectivity index (χ3n) is 5.74. The van der Waals surface area contributed by atoms with Crippen molar-refractivity contribution in [2.45, 2.75) is 19.0 Å². The number of anilines is 2. The first-order valence-electron chi connectivity index (χ1n) is 10.2. The van der Waals surface area contributed by atoms with Crippen LogP contribution in [0.1, 0.15) is 18.7 Å². The van der Waals surface area contributed by atoms with Gasteiger partial charge in [-0.05, 0) is 36.4 Å². The molecule has 1 aliphatic rings. The van der Waals surface area contributed by atoms with Crippen LogP contribution in [0.5, 0.6) is 0 Å². The van der Waals surface area contributed by atoms with Gasteiger partial charge in [0.2, 0.25) is 5.91 Å². The fraction of sp³-hybridized carbons (Fsp3) is 0.273. The quantitative estimate of drug-likeness (QED) is 0.518. The van der Waals surface area contributed by atoms with E-state index in [9.17, 15) is 18.0 Å². The Labute approximate surface area is 180 Å². The minimum Gasteiger partial charge on any atom is -0.355 e. The number of alkyl halides is 3. The highest BCUT2D eigenvalue weighted by atomic mass is 19.4. The Bertz CT molecular complexity index is 1290. The number of hydrogen-bond donors (Lipinski definition) is 1. The minimum absolute atomic E-state index is 0.0328. The zero-order valence-corrected chi connectivity index (χ0v) is 16.9. The Balaban J connectivity index is 1.28. The molecule has 5 rings (SSSR count). The van der Waals surface area contributed by atoms with Crippen molar-refractivity contribution in [3.8, 4) is 0 Å². The molecular weight excluding hydrogens is 421 g/mol. The van der Waals surface area contributed by atoms with E-state index in [4.69, 9.17) is 0 Å². The molecule has 1 aliphatic heterocycles. The molecule has 0 atom stereocenters. The Hall–Kier alpha value is -3.69. The number of benzene rings is 2. The number of carbonyl (C=O) groups excluding carboxylic acids is 1. The van der Waals surface area contributed by atoms with Gasteiger partial charge in [0.05, 0.1) is 0 Å². The van der Waals surface area contributed by atoms with E-state index >= 15 is 0 Å². The topological polar surface area (TPSA) is 75.4 Å². The molecule has 0 unspecified atom stereocenters. The molecular formula is C22H19F3N6O. The predicted octanol–water partition coefficient (Wildman–Crippen LogP) is 4.15. The Kier molecular flexibility index (Phi) is 4.91. The van der Waals surface area contributed by atoms with E-state index in [0.29, 0.717) is 36.3 Å². The average molecular weight is 440 g/mol. The van der Waals surface area contributed by atoms with Gasteiger partial charge in [-0.1, -0.05) is 36.4 Å². The van der Waals surface area contributed by atoms with Gasteiger partial charge in [0.1, 0.15) is 5.82 Å². The van der Waals surface area contributed by atoms with Crippen LogP contribution in [0.15, 0.2) is 54.6 Å². The van der Waals surface area contributed by atoms with Gasteiger partial charge in [-0.2, -0.15) is 17.7 Å². The van der Waals surface area contributed by atoms with Crippen molar-refractivity contribution in [2.75, 3.05) is 23.3 Å². The van der Waals surface area contributed by atoms with Crippen LogP contribution in [0.25, 0.3) is 16.4 Å². The van der Waals surface area contributed by atoms with Crippen molar-refractivity contribution in [3.63, 3.8) is 0 Å². The fourth-order valence-electron chi connectivity index (χ4n) is 4.06. The normalized spacial score (nSPS) is 15.4. The number of aromatic nitrogens is 4. The van der Waals surface area contributed by atoms with Gasteiger partial charge in [0.15, 0.2) is 5.65 Å². The van der Waals surface area contributed by atoms with Crippen molar-refractivity contribution in [1.82, 2.24) is 19.8 Å². The van der Waals surface area contributed by atoms with Gasteiger partial charge < -0.3 is 10.2 Å². The maximum atomic E-state index is 13.1. The molecule has 1 amide bonds. The highest BCUT2D eigenvalue weighted by Crippen LogP contribution is 2.29. The molecule has 0 aliphatic carbocycles. The van der Waals surface area contributed by atoms with Crippen molar-refractivity contribution in [1.29, 1.82) is 0 Å². The van der Waals surface area contributed by atoms with Gasteiger partial charge in [-0.3, -0.25) is 4.79 Å². The van der Waals surface area contributed by atoms with E-state index in [0.717, 1.165) is 16.5 Å². The number of amides is 1. The Morgan fingerprint density at radius 1 is 0.969 bits per heavy atom. The summed E-state index contributed by atoms with van der Waals surface area (Å²) in [5.74, 6) is -0.994. The summed E-state index contributed by atoms with van der Waals surface area (Å²) in [4.78, 5) is 14.7. The van der Waals surface area contributed by atoms with Crippen LogP contribution < -0.4 is 10.2 Å². The smallest absolute Gasteiger partial charge is 0.355 e. The molecule has 2 aromatic heterocycles. The second-order valence-corrected chi connectivity index (χ2v) is 7.76. The van der Waals surface area contributed by atoms with Gasteiger partial charge >= 0.3 is 6.18 Å². The highest BCUT2D eigenvalue weighted by molar-refractivity contribution is 6.02. The zero-order chi connectivity index (χ0) is 22.3. The van der Waals surface area contributed by atoms with E-state index < -0.39 is 12.0 Å². The van der Waals surface area contributed by atoms with Crippen LogP contribution in [0, 0.1) is 5.92 Å². The van der Waals surface area contributed by atoms with E-state index in [1.807, 2.05) is 47.4 Å². The first-order chi connectivity index (χ1) is 15.4. The lowest BCUT2D eigenvalue weighted by Gasteiger charge is -2.32. The second kappa shape index (κ2) is 7.77. The van der Waals surface area contributed by atoms with Gasteiger partial charge in [-0.25, -0.2) is 0 Å². The standard InChI is InChI=1S/C22H19F3N6O/c23-22(24,25)21-28-27-18-8-9-19(29-31(18)21)30-12-10-15(11-13-30)20(32)26-17-7-3-5-14-4-1-2-6-16(14)17/h1-9,15H,10-13H2,(H,26,32). The van der Waals surface area contributed by atoms with Crippen LogP contribution in [0.4, 0.5) is 24.7 Å². The Morgan fingerprint density at radius 2 is 1.72 bits per heavy atom. The molecule has 1 saturated heterocycles. The largest absolute Gasteiger partial charge is 0.453 e. The second-order valence-electron chi connectivity index (χ2n) is 7.76. The summed E-state index contributed by atoms with van der Waals surface area (Å²) in [6.45, 7) is 1.02. The Morgan fingerprint density at radius 3 is 2.50 bits per heavy atom. The number of fused-ring (bicyclic) bond motifs is 2. The number of piperidine rings is 1. The highest BCUT2D eigenvalue weighted by Gasteiger charge is 2.38. The summed E-state index contributed by atoms with van der Waals surface area (Å²) in [6.07, 6.45) is -3.49. The molecule has 0 bridgehead atoms. The van der Waals surface area contributed by atoms with E-state index in [1.54, 1.807) is 6.07 Å². The lowest BCUT2D eigenvalue weighted by molar-refractivity contribution is -0.146. The van der Waals surface area contributed by atoms with E-state index in [2.05, 4.69) is 20.6 Å². The summed E-state index contributed by atoms with van der Waals surface area (Å²) in [5.41, 5.74) is 0.806. The molecule has 1 fully saturated rings. The molecule has 2 aromatic carbocycles. The third kappa shape index (κ3) is 3.72. The maximum Gasteiger partial charge on any atom is 0.453 e. The number of rotatable bonds is 3. The maximum absolute atomic E-state index is 13.1. The van der Waals surface area contributed by atoms with Crippen LogP contribution in [0.2, 0.25) is 0 Å². The lowest BCUT2D eigenvalue weighted by atomic mass is 9.95. The fourth-order valence-corrected chi connectivity index (χ4v) is 4.06. The molecule has 1 N–H and O–H groups in total. The van der Waals surface area contributed by atoms with Crippen LogP contribution in [-0.4, -0.2) is 38.8 Å². The molecule has 164 valence electrons. The molecule has 0 radical (unpaired) electrons. The molecule has 7 nitrogen and oxygen atoms in total. The average Bonchev–Trinajstić information content (AvgIpc) is 3.23. The van der Waals surface area contributed by atoms with Gasteiger partial charge in [0.25, 0.3) is 5.82 Å². The summed E-state index contributed by atoms with van der Waals surface area (Å²) in [6, 6.07) is 16.7. The number of carbonyl (C=O) groups is 1. The van der Waals surface area contributed by atoms with Crippen LogP contribution in [0.3, 0.4) is 0 Å². The van der Waals surface area contributed by atoms with Crippen molar-refractivity contribution < 1.29 is 18.0 Å². The lowest BCUT2D eigenvalue weighted by Crippen LogP contribution is -2.38. The van der Waals surface area contributed by atoms with E-state index in [1.165, 1.54) is 6.07 Å². The van der Waals surface area contributed by atoms with Crippen molar-refractivity contribution >= 4 is 33.8 Å². The summed E-state index contributed by atoms with van der Waals surface area (Å²) in [5, 5.41) is 15.9. The third-order valence-corrected chi connectivity index (χ3v) is 5.74. The number of nitrogens with one attached hydrogen (secondary N) is 1. The monoisotopic (exact) mass is 440 g/mol. The summed E-state index contributed by atoms with van der Waals surface area (Å²) < 4.78 is 40.1. The number of halogens is 3. The molecule has 4 aromatic rings. The van der Waals surface area contributed by atoms with Crippen molar-refractivity contribution in [2.24, 2.45) is 5.92 Å². The van der Waals surface area contributed by atoms with Crippen molar-refractivity contribution in [3.05, 3.63) is 60.4 Å². The molecule has 0 spiro atoms. The van der Waals surface area contributed by atoms with Crippen LogP contribution >= 0.6 is 0 Å². The molecule has 32 heavy (non-hydrogen) atoms. The summed E-state index contributed by atoms with van der Waals surface area (Å²) in [7, 11) is 0. The predicted molar refractivity (Wildman–Crippen MR) is 113 cm³/mol. The van der Waals surface area contributed by atoms with E-state index in [-0.39, 0.29) is 17.5 Å². The number of nitrogens with zero attached hydrogens (tertiary/aromatic N) is 5. The summed E-state index contributed by atoms with van der Waals surface area (Å²) >= 11 is 0. The molecule has 3 heterocycles. The van der Waals surface area contributed by atoms with Gasteiger partial charge in [-0.15, -0.1) is 15.3 Å². The first-order valence-corrected chi connectivity index (χ1v) is 10.2. The minimum atomic E-state index is -4.64. The molecule has 10 heteroatoms. The SMILES string of the molecule is O=C(Nc1cccc2ccccc12)C1CCN(c2ccc3nnc(C(F)(F)F)n3n2)CC1. The first kappa shape index (κ1) is 20.2.